The first-order chi connectivity index (χ1) is 18.7. The number of primary amides is 2. The van der Waals surface area contributed by atoms with Crippen LogP contribution < -0.4 is 22.1 Å². The average Bonchev–Trinajstić information content (AvgIpc) is 3.26. The average molecular weight is 584 g/mol. The summed E-state index contributed by atoms with van der Waals surface area (Å²) < 4.78 is 55.0. The molecule has 2 aromatic carbocycles. The second-order valence-electron chi connectivity index (χ2n) is 9.03. The van der Waals surface area contributed by atoms with Gasteiger partial charge in [0.25, 0.3) is 0 Å². The van der Waals surface area contributed by atoms with Gasteiger partial charge in [-0.05, 0) is 35.9 Å². The number of anilines is 1. The predicted octanol–water partition coefficient (Wildman–Crippen LogP) is 2.80. The Morgan fingerprint density at radius 1 is 1.20 bits per heavy atom. The van der Waals surface area contributed by atoms with Crippen LogP contribution >= 0.6 is 11.6 Å². The molecule has 3 atom stereocenters. The number of halogens is 5. The van der Waals surface area contributed by atoms with Crippen LogP contribution in [0.1, 0.15) is 39.9 Å². The highest BCUT2D eigenvalue weighted by Crippen LogP contribution is 2.39. The number of alkyl halides is 4. The van der Waals surface area contributed by atoms with Crippen LogP contribution in [-0.4, -0.2) is 57.9 Å². The standard InChI is InChI=1S/C24H22ClF4N7O4/c25-12-2-10(1-11(3-12)24(27,28)29)15(6-19(37)38)20(22(31)40)36-18-5-14(35-23-32-7-13(26)8-33-23)4-16(21(30)39)17(18)9-34-36/h1-5,9,13,15,20H,6-8H2,(H2,30,39)(H2,31,40)(H,37,38)(H2,32,33,35)/t15-,20?/m0/s1. The predicted molar refractivity (Wildman–Crippen MR) is 137 cm³/mol. The molecule has 0 saturated heterocycles. The summed E-state index contributed by atoms with van der Waals surface area (Å²) in [5.41, 5.74) is 10.1. The number of guanidine groups is 1. The number of nitrogens with zero attached hydrogens (tertiary/aromatic N) is 3. The van der Waals surface area contributed by atoms with Crippen molar-refractivity contribution >= 4 is 51.9 Å². The maximum atomic E-state index is 13.5. The molecule has 3 aromatic rings. The topological polar surface area (TPSA) is 178 Å². The number of aliphatic carboxylic acids is 1. The number of carboxylic acid groups (broad SMARTS) is 1. The summed E-state index contributed by atoms with van der Waals surface area (Å²) in [6, 6.07) is 3.61. The molecule has 0 spiro atoms. The van der Waals surface area contributed by atoms with Crippen molar-refractivity contribution < 1.29 is 37.1 Å². The van der Waals surface area contributed by atoms with E-state index in [4.69, 9.17) is 23.1 Å². The van der Waals surface area contributed by atoms with Crippen LogP contribution in [0.3, 0.4) is 0 Å². The molecule has 2 unspecified atom stereocenters. The third-order valence-electron chi connectivity index (χ3n) is 6.19. The molecular weight excluding hydrogens is 562 g/mol. The summed E-state index contributed by atoms with van der Waals surface area (Å²) in [6.45, 7) is -0.132. The molecule has 2 amide bonds. The lowest BCUT2D eigenvalue weighted by Gasteiger charge is -2.26. The molecule has 0 bridgehead atoms. The first kappa shape index (κ1) is 28.6. The quantitative estimate of drug-likeness (QED) is 0.253. The summed E-state index contributed by atoms with van der Waals surface area (Å²) in [4.78, 5) is 40.9. The second kappa shape index (κ2) is 11.0. The minimum absolute atomic E-state index is 0.0190. The summed E-state index contributed by atoms with van der Waals surface area (Å²) in [6.07, 6.45) is -5.64. The van der Waals surface area contributed by atoms with Gasteiger partial charge in [-0.2, -0.15) is 18.3 Å². The number of carbonyl (C=O) groups is 3. The van der Waals surface area contributed by atoms with Crippen molar-refractivity contribution in [1.29, 1.82) is 0 Å². The second-order valence-corrected chi connectivity index (χ2v) is 9.46. The Bertz CT molecular complexity index is 1520. The molecule has 11 nitrogen and oxygen atoms in total. The number of carboxylic acids is 1. The minimum Gasteiger partial charge on any atom is -0.481 e. The van der Waals surface area contributed by atoms with E-state index in [9.17, 15) is 37.1 Å². The Morgan fingerprint density at radius 3 is 2.50 bits per heavy atom. The fraction of sp³-hybridized carbons (Fsp3) is 0.292. The third-order valence-corrected chi connectivity index (χ3v) is 6.41. The lowest BCUT2D eigenvalue weighted by atomic mass is 9.87. The van der Waals surface area contributed by atoms with Gasteiger partial charge >= 0.3 is 12.1 Å². The van der Waals surface area contributed by atoms with Crippen LogP contribution in [0.4, 0.5) is 23.2 Å². The van der Waals surface area contributed by atoms with E-state index < -0.39 is 54.1 Å². The number of nitrogens with two attached hydrogens (primary N) is 2. The number of carbonyl (C=O) groups excluding carboxylic acids is 2. The van der Waals surface area contributed by atoms with Gasteiger partial charge in [0.1, 0.15) is 12.2 Å². The Morgan fingerprint density at radius 2 is 1.93 bits per heavy atom. The SMILES string of the molecule is NC(=O)c1cc(NC2=NCC(F)CN2)cc2c1cnn2C(C(N)=O)[C@@H](CC(=O)O)c1cc(Cl)cc(C(F)(F)F)c1. The molecule has 2 heterocycles. The Hall–Kier alpha value is -4.40. The maximum absolute atomic E-state index is 13.5. The third kappa shape index (κ3) is 6.09. The zero-order valence-electron chi connectivity index (χ0n) is 20.4. The summed E-state index contributed by atoms with van der Waals surface area (Å²) in [5, 5.41) is 19.1. The molecule has 7 N–H and O–H groups in total. The molecule has 4 rings (SSSR count). The van der Waals surface area contributed by atoms with Gasteiger partial charge in [0.2, 0.25) is 11.8 Å². The normalized spacial score (nSPS) is 17.0. The lowest BCUT2D eigenvalue weighted by molar-refractivity contribution is -0.138. The molecule has 1 aromatic heterocycles. The van der Waals surface area contributed by atoms with Crippen molar-refractivity contribution in [3.8, 4) is 0 Å². The van der Waals surface area contributed by atoms with Crippen LogP contribution in [-0.2, 0) is 15.8 Å². The molecule has 40 heavy (non-hydrogen) atoms. The molecule has 0 aliphatic carbocycles. The first-order valence-electron chi connectivity index (χ1n) is 11.6. The van der Waals surface area contributed by atoms with Gasteiger partial charge in [0.05, 0.1) is 42.4 Å². The zero-order chi connectivity index (χ0) is 29.4. The van der Waals surface area contributed by atoms with E-state index in [0.717, 1.165) is 10.7 Å². The van der Waals surface area contributed by atoms with E-state index in [1.54, 1.807) is 0 Å². The number of amides is 2. The first-order valence-corrected chi connectivity index (χ1v) is 12.0. The van der Waals surface area contributed by atoms with Crippen molar-refractivity contribution in [2.75, 3.05) is 18.4 Å². The maximum Gasteiger partial charge on any atom is 0.416 e. The summed E-state index contributed by atoms with van der Waals surface area (Å²) in [5.74, 6) is -4.70. The molecule has 0 radical (unpaired) electrons. The molecule has 0 fully saturated rings. The van der Waals surface area contributed by atoms with Crippen LogP contribution in [0, 0.1) is 0 Å². The summed E-state index contributed by atoms with van der Waals surface area (Å²) in [7, 11) is 0. The van der Waals surface area contributed by atoms with Crippen molar-refractivity contribution in [3.05, 3.63) is 58.2 Å². The van der Waals surface area contributed by atoms with Gasteiger partial charge in [0, 0.05) is 22.0 Å². The molecule has 1 aliphatic heterocycles. The Labute approximate surface area is 228 Å². The fourth-order valence-electron chi connectivity index (χ4n) is 4.46. The van der Waals surface area contributed by atoms with E-state index in [1.807, 2.05) is 0 Å². The number of aromatic nitrogens is 2. The number of fused-ring (bicyclic) bond motifs is 1. The van der Waals surface area contributed by atoms with Gasteiger partial charge in [-0.1, -0.05) is 11.6 Å². The fourth-order valence-corrected chi connectivity index (χ4v) is 4.70. The van der Waals surface area contributed by atoms with Crippen LogP contribution in [0.15, 0.2) is 41.5 Å². The van der Waals surface area contributed by atoms with Crippen molar-refractivity contribution in [1.82, 2.24) is 15.1 Å². The number of aliphatic imine (C=N–C) groups is 1. The highest BCUT2D eigenvalue weighted by molar-refractivity contribution is 6.30. The van der Waals surface area contributed by atoms with E-state index in [1.165, 1.54) is 18.3 Å². The number of rotatable bonds is 8. The van der Waals surface area contributed by atoms with Crippen LogP contribution in [0.2, 0.25) is 5.02 Å². The monoisotopic (exact) mass is 583 g/mol. The van der Waals surface area contributed by atoms with Crippen molar-refractivity contribution in [3.63, 3.8) is 0 Å². The largest absolute Gasteiger partial charge is 0.481 e. The van der Waals surface area contributed by atoms with Gasteiger partial charge in [-0.25, -0.2) is 9.38 Å². The zero-order valence-corrected chi connectivity index (χ0v) is 21.1. The highest BCUT2D eigenvalue weighted by Gasteiger charge is 2.37. The minimum atomic E-state index is -4.82. The number of hydrogen-bond donors (Lipinski definition) is 5. The van der Waals surface area contributed by atoms with E-state index in [-0.39, 0.29) is 51.8 Å². The number of nitrogens with one attached hydrogen (secondary N) is 2. The van der Waals surface area contributed by atoms with Gasteiger partial charge in [-0.15, -0.1) is 0 Å². The van der Waals surface area contributed by atoms with E-state index >= 15 is 0 Å². The molecule has 16 heteroatoms. The lowest BCUT2D eigenvalue weighted by Crippen LogP contribution is -2.41. The number of hydrogen-bond acceptors (Lipinski definition) is 7. The Kier molecular flexibility index (Phi) is 7.86. The van der Waals surface area contributed by atoms with Crippen molar-refractivity contribution in [2.24, 2.45) is 16.5 Å². The summed E-state index contributed by atoms with van der Waals surface area (Å²) >= 11 is 5.93. The molecule has 212 valence electrons. The Balaban J connectivity index is 1.89. The molecule has 1 aliphatic rings. The van der Waals surface area contributed by atoms with Crippen molar-refractivity contribution in [2.45, 2.75) is 30.7 Å². The van der Waals surface area contributed by atoms with Gasteiger partial charge in [-0.3, -0.25) is 19.1 Å². The van der Waals surface area contributed by atoms with Crippen LogP contribution in [0.5, 0.6) is 0 Å². The molecule has 0 saturated carbocycles. The van der Waals surface area contributed by atoms with Gasteiger partial charge in [0.15, 0.2) is 5.96 Å². The number of benzene rings is 2. The molecular formula is C24H22ClF4N7O4. The van der Waals surface area contributed by atoms with Gasteiger partial charge < -0.3 is 27.2 Å². The van der Waals surface area contributed by atoms with E-state index in [2.05, 4.69) is 20.7 Å². The smallest absolute Gasteiger partial charge is 0.416 e. The van der Waals surface area contributed by atoms with E-state index in [0.29, 0.717) is 12.1 Å². The van der Waals surface area contributed by atoms with Crippen LogP contribution in [0.25, 0.3) is 10.9 Å². The highest BCUT2D eigenvalue weighted by atomic mass is 35.5.